The van der Waals surface area contributed by atoms with E-state index >= 15 is 0 Å². The highest BCUT2D eigenvalue weighted by Gasteiger charge is 2.37. The highest BCUT2D eigenvalue weighted by Crippen LogP contribution is 2.44. The van der Waals surface area contributed by atoms with Crippen LogP contribution in [-0.2, 0) is 0 Å². The summed E-state index contributed by atoms with van der Waals surface area (Å²) in [6.07, 6.45) is 2.68. The maximum atomic E-state index is 5.44. The predicted molar refractivity (Wildman–Crippen MR) is 73.3 cm³/mol. The van der Waals surface area contributed by atoms with Gasteiger partial charge in [-0.15, -0.1) is 0 Å². The van der Waals surface area contributed by atoms with Crippen molar-refractivity contribution in [1.82, 2.24) is 5.32 Å². The van der Waals surface area contributed by atoms with E-state index in [1.165, 1.54) is 18.4 Å². The number of rotatable bonds is 6. The third kappa shape index (κ3) is 2.96. The lowest BCUT2D eigenvalue weighted by atomic mass is 10.0. The van der Waals surface area contributed by atoms with Gasteiger partial charge in [-0.1, -0.05) is 13.0 Å². The number of nitrogens with one attached hydrogen (secondary N) is 1. The summed E-state index contributed by atoms with van der Waals surface area (Å²) in [7, 11) is 3.37. The fraction of sp³-hybridized carbons (Fsp3) is 0.600. The Balaban J connectivity index is 2.05. The molecule has 1 unspecified atom stereocenters. The Kier molecular flexibility index (Phi) is 3.81. The van der Waals surface area contributed by atoms with Crippen molar-refractivity contribution in [3.63, 3.8) is 0 Å². The molecule has 1 saturated carbocycles. The van der Waals surface area contributed by atoms with Crippen LogP contribution in [0.2, 0.25) is 0 Å². The van der Waals surface area contributed by atoms with Crippen LogP contribution in [0.15, 0.2) is 18.2 Å². The first-order chi connectivity index (χ1) is 8.58. The number of hydrogen-bond donors (Lipinski definition) is 1. The Labute approximate surface area is 109 Å². The van der Waals surface area contributed by atoms with E-state index in [4.69, 9.17) is 9.47 Å². The Morgan fingerprint density at radius 3 is 2.56 bits per heavy atom. The van der Waals surface area contributed by atoms with Gasteiger partial charge in [0.15, 0.2) is 0 Å². The van der Waals surface area contributed by atoms with Crippen LogP contribution in [0.4, 0.5) is 0 Å². The Hall–Kier alpha value is -1.22. The van der Waals surface area contributed by atoms with Gasteiger partial charge in [-0.05, 0) is 31.2 Å². The zero-order chi connectivity index (χ0) is 13.2. The van der Waals surface area contributed by atoms with Crippen molar-refractivity contribution in [2.24, 2.45) is 5.41 Å². The lowest BCUT2D eigenvalue weighted by Crippen LogP contribution is -2.25. The standard InChI is InChI=1S/C15H23NO2/c1-11(16-10-15(2)7-8-15)13-6-5-12(17-3)9-14(13)18-4/h5-6,9,11,16H,7-8,10H2,1-4H3. The van der Waals surface area contributed by atoms with Gasteiger partial charge in [-0.3, -0.25) is 0 Å². The smallest absolute Gasteiger partial charge is 0.127 e. The molecule has 1 aromatic rings. The molecule has 0 saturated heterocycles. The van der Waals surface area contributed by atoms with E-state index in [1.807, 2.05) is 12.1 Å². The summed E-state index contributed by atoms with van der Waals surface area (Å²) in [5.74, 6) is 1.72. The van der Waals surface area contributed by atoms with Gasteiger partial charge < -0.3 is 14.8 Å². The van der Waals surface area contributed by atoms with Gasteiger partial charge in [0.1, 0.15) is 11.5 Å². The molecule has 100 valence electrons. The lowest BCUT2D eigenvalue weighted by Gasteiger charge is -2.20. The summed E-state index contributed by atoms with van der Waals surface area (Å²) >= 11 is 0. The topological polar surface area (TPSA) is 30.5 Å². The molecule has 1 aliphatic rings. The van der Waals surface area contributed by atoms with E-state index < -0.39 is 0 Å². The third-order valence-corrected chi connectivity index (χ3v) is 3.85. The third-order valence-electron chi connectivity index (χ3n) is 3.85. The van der Waals surface area contributed by atoms with Crippen molar-refractivity contribution >= 4 is 0 Å². The zero-order valence-electron chi connectivity index (χ0n) is 11.7. The molecule has 18 heavy (non-hydrogen) atoms. The number of benzene rings is 1. The highest BCUT2D eigenvalue weighted by atomic mass is 16.5. The van der Waals surface area contributed by atoms with Crippen molar-refractivity contribution in [3.8, 4) is 11.5 Å². The van der Waals surface area contributed by atoms with Crippen molar-refractivity contribution in [1.29, 1.82) is 0 Å². The summed E-state index contributed by atoms with van der Waals surface area (Å²) in [5, 5.41) is 3.59. The van der Waals surface area contributed by atoms with E-state index in [9.17, 15) is 0 Å². The normalized spacial score (nSPS) is 18.2. The van der Waals surface area contributed by atoms with Crippen LogP contribution in [-0.4, -0.2) is 20.8 Å². The quantitative estimate of drug-likeness (QED) is 0.840. The molecule has 0 aromatic heterocycles. The first-order valence-corrected chi connectivity index (χ1v) is 6.53. The molecule has 0 heterocycles. The van der Waals surface area contributed by atoms with E-state index in [2.05, 4.69) is 25.2 Å². The molecule has 0 radical (unpaired) electrons. The Bertz CT molecular complexity index is 413. The first kappa shape index (κ1) is 13.2. The van der Waals surface area contributed by atoms with E-state index in [0.29, 0.717) is 11.5 Å². The summed E-state index contributed by atoms with van der Waals surface area (Å²) in [6, 6.07) is 6.29. The minimum absolute atomic E-state index is 0.295. The van der Waals surface area contributed by atoms with Crippen LogP contribution in [0.25, 0.3) is 0 Å². The molecule has 2 rings (SSSR count). The van der Waals surface area contributed by atoms with Gasteiger partial charge in [-0.25, -0.2) is 0 Å². The van der Waals surface area contributed by atoms with Gasteiger partial charge >= 0.3 is 0 Å². The molecule has 0 amide bonds. The van der Waals surface area contributed by atoms with Crippen molar-refractivity contribution in [2.45, 2.75) is 32.7 Å². The molecule has 1 aliphatic carbocycles. The maximum Gasteiger partial charge on any atom is 0.127 e. The van der Waals surface area contributed by atoms with Crippen LogP contribution >= 0.6 is 0 Å². The van der Waals surface area contributed by atoms with Gasteiger partial charge in [-0.2, -0.15) is 0 Å². The largest absolute Gasteiger partial charge is 0.497 e. The second-order valence-electron chi connectivity index (χ2n) is 5.52. The molecule has 0 aliphatic heterocycles. The second-order valence-corrected chi connectivity index (χ2v) is 5.52. The summed E-state index contributed by atoms with van der Waals surface area (Å²) in [4.78, 5) is 0. The molecular weight excluding hydrogens is 226 g/mol. The Morgan fingerprint density at radius 1 is 1.28 bits per heavy atom. The van der Waals surface area contributed by atoms with Crippen LogP contribution in [0, 0.1) is 5.41 Å². The number of methoxy groups -OCH3 is 2. The van der Waals surface area contributed by atoms with E-state index in [0.717, 1.165) is 18.0 Å². The van der Waals surface area contributed by atoms with Crippen molar-refractivity contribution < 1.29 is 9.47 Å². The fourth-order valence-electron chi connectivity index (χ4n) is 2.08. The first-order valence-electron chi connectivity index (χ1n) is 6.53. The number of hydrogen-bond acceptors (Lipinski definition) is 3. The molecule has 3 nitrogen and oxygen atoms in total. The van der Waals surface area contributed by atoms with Crippen LogP contribution < -0.4 is 14.8 Å². The predicted octanol–water partition coefficient (Wildman–Crippen LogP) is 3.15. The minimum atomic E-state index is 0.295. The molecule has 3 heteroatoms. The SMILES string of the molecule is COc1ccc(C(C)NCC2(C)CC2)c(OC)c1. The highest BCUT2D eigenvalue weighted by molar-refractivity contribution is 5.42. The fourth-order valence-corrected chi connectivity index (χ4v) is 2.08. The van der Waals surface area contributed by atoms with Crippen molar-refractivity contribution in [2.75, 3.05) is 20.8 Å². The summed E-state index contributed by atoms with van der Waals surface area (Å²) < 4.78 is 10.7. The summed E-state index contributed by atoms with van der Waals surface area (Å²) in [6.45, 7) is 5.58. The second kappa shape index (κ2) is 5.19. The molecular formula is C15H23NO2. The van der Waals surface area contributed by atoms with E-state index in [1.54, 1.807) is 14.2 Å². The monoisotopic (exact) mass is 249 g/mol. The van der Waals surface area contributed by atoms with Gasteiger partial charge in [0.2, 0.25) is 0 Å². The molecule has 1 N–H and O–H groups in total. The van der Waals surface area contributed by atoms with Crippen LogP contribution in [0.3, 0.4) is 0 Å². The average molecular weight is 249 g/mol. The molecule has 0 bridgehead atoms. The van der Waals surface area contributed by atoms with Gasteiger partial charge in [0.05, 0.1) is 14.2 Å². The van der Waals surface area contributed by atoms with Crippen molar-refractivity contribution in [3.05, 3.63) is 23.8 Å². The minimum Gasteiger partial charge on any atom is -0.497 e. The van der Waals surface area contributed by atoms with Crippen LogP contribution in [0.1, 0.15) is 38.3 Å². The number of ether oxygens (including phenoxy) is 2. The zero-order valence-corrected chi connectivity index (χ0v) is 11.7. The molecule has 0 spiro atoms. The molecule has 1 atom stereocenters. The maximum absolute atomic E-state index is 5.44. The van der Waals surface area contributed by atoms with Gasteiger partial charge in [0.25, 0.3) is 0 Å². The van der Waals surface area contributed by atoms with Gasteiger partial charge in [0, 0.05) is 24.2 Å². The lowest BCUT2D eigenvalue weighted by molar-refractivity contribution is 0.382. The average Bonchev–Trinajstić information content (AvgIpc) is 3.13. The van der Waals surface area contributed by atoms with E-state index in [-0.39, 0.29) is 0 Å². The summed E-state index contributed by atoms with van der Waals surface area (Å²) in [5.41, 5.74) is 1.70. The molecule has 1 aromatic carbocycles. The Morgan fingerprint density at radius 2 is 2.00 bits per heavy atom. The molecule has 1 fully saturated rings. The van der Waals surface area contributed by atoms with Crippen LogP contribution in [0.5, 0.6) is 11.5 Å².